The fourth-order valence-electron chi connectivity index (χ4n) is 4.65. The maximum atomic E-state index is 14.9. The number of thioether (sulfide) groups is 1. The zero-order valence-electron chi connectivity index (χ0n) is 25.7. The van der Waals surface area contributed by atoms with Crippen LogP contribution in [0.15, 0.2) is 66.1 Å². The molecular weight excluding hydrogens is 586 g/mol. The average Bonchev–Trinajstić information content (AvgIpc) is 3.22. The third-order valence-corrected chi connectivity index (χ3v) is 7.70. The van der Waals surface area contributed by atoms with Crippen molar-refractivity contribution in [2.24, 2.45) is 17.2 Å². The number of halogens is 2. The molecule has 9 nitrogen and oxygen atoms in total. The van der Waals surface area contributed by atoms with E-state index in [-0.39, 0.29) is 67.2 Å². The molecular formula is C32H44F2N6O3S. The highest BCUT2D eigenvalue weighted by atomic mass is 32.2. The Kier molecular flexibility index (Phi) is 16.1. The second kappa shape index (κ2) is 18.6. The van der Waals surface area contributed by atoms with E-state index in [1.165, 1.54) is 34.9 Å². The third-order valence-electron chi connectivity index (χ3n) is 6.59. The molecule has 12 heteroatoms. The van der Waals surface area contributed by atoms with Crippen LogP contribution in [0.25, 0.3) is 11.1 Å². The number of hydrogen-bond acceptors (Lipinski definition) is 6. The molecule has 0 saturated carbocycles. The molecule has 0 aliphatic heterocycles. The number of nitrogens with zero attached hydrogens (tertiary/aromatic N) is 1. The molecule has 8 N–H and O–H groups in total. The molecule has 3 amide bonds. The standard InChI is InChI=1S/C29H35F2N5O2S.C2H6.CH3NO/c1-4-20(27(33)34)17-39-16-18(3)35-28(38)25(12-13-32)36(5-2)26(37)15-19-10-11-24-22(14-19)21-8-6-7-9-23(21)29(24,30)31;1-2;2-1-3/h4,6-11,14,17-18,25H,1,5,12-13,15-16,32H2,2-3H3,(H3,33,34)(H,35,38);1-2H3;1H,(H2,2,3)/b20-17+;;/t18-,25?;;/m1../s1. The Morgan fingerprint density at radius 2 is 1.77 bits per heavy atom. The summed E-state index contributed by atoms with van der Waals surface area (Å²) >= 11 is 1.39. The number of nitrogens with one attached hydrogen (secondary N) is 2. The number of likely N-dealkylation sites (N-methyl/N-ethyl adjacent to an activating group) is 1. The summed E-state index contributed by atoms with van der Waals surface area (Å²) in [5.41, 5.74) is 17.3. The Bertz CT molecular complexity index is 1330. The molecule has 0 radical (unpaired) electrons. The summed E-state index contributed by atoms with van der Waals surface area (Å²) in [6.45, 7) is 11.8. The Labute approximate surface area is 262 Å². The van der Waals surface area contributed by atoms with Gasteiger partial charge in [-0.1, -0.05) is 69.0 Å². The maximum Gasteiger partial charge on any atom is 0.299 e. The van der Waals surface area contributed by atoms with Crippen LogP contribution in [-0.4, -0.2) is 59.9 Å². The van der Waals surface area contributed by atoms with E-state index in [0.29, 0.717) is 28.0 Å². The van der Waals surface area contributed by atoms with Gasteiger partial charge in [-0.2, -0.15) is 8.78 Å². The highest BCUT2D eigenvalue weighted by Gasteiger charge is 2.44. The summed E-state index contributed by atoms with van der Waals surface area (Å²) in [5, 5.41) is 12.2. The van der Waals surface area contributed by atoms with Gasteiger partial charge < -0.3 is 27.4 Å². The minimum absolute atomic E-state index is 0.0330. The minimum atomic E-state index is -3.08. The van der Waals surface area contributed by atoms with Gasteiger partial charge in [-0.3, -0.25) is 19.8 Å². The van der Waals surface area contributed by atoms with Gasteiger partial charge in [0.1, 0.15) is 11.9 Å². The van der Waals surface area contributed by atoms with E-state index in [1.807, 2.05) is 20.8 Å². The molecule has 44 heavy (non-hydrogen) atoms. The van der Waals surface area contributed by atoms with Crippen LogP contribution >= 0.6 is 11.8 Å². The van der Waals surface area contributed by atoms with Crippen LogP contribution in [0.4, 0.5) is 8.78 Å². The lowest BCUT2D eigenvalue weighted by molar-refractivity contribution is -0.140. The molecule has 3 rings (SSSR count). The zero-order chi connectivity index (χ0) is 33.4. The molecule has 0 heterocycles. The number of carbonyl (C=O) groups excluding carboxylic acids is 3. The number of hydrogen-bond donors (Lipinski definition) is 5. The summed E-state index contributed by atoms with van der Waals surface area (Å²) < 4.78 is 29.8. The largest absolute Gasteiger partial charge is 0.384 e. The van der Waals surface area contributed by atoms with Crippen LogP contribution in [0.2, 0.25) is 0 Å². The van der Waals surface area contributed by atoms with Gasteiger partial charge >= 0.3 is 0 Å². The summed E-state index contributed by atoms with van der Waals surface area (Å²) in [7, 11) is 0. The number of amidine groups is 1. The topological polar surface area (TPSA) is 168 Å². The number of nitrogens with two attached hydrogens (primary N) is 3. The first-order valence-corrected chi connectivity index (χ1v) is 15.4. The summed E-state index contributed by atoms with van der Waals surface area (Å²) in [4.78, 5) is 36.6. The van der Waals surface area contributed by atoms with Crippen molar-refractivity contribution in [3.8, 4) is 11.1 Å². The molecule has 0 spiro atoms. The Morgan fingerprint density at radius 1 is 1.16 bits per heavy atom. The van der Waals surface area contributed by atoms with E-state index in [1.54, 1.807) is 42.7 Å². The van der Waals surface area contributed by atoms with Crippen molar-refractivity contribution in [1.82, 2.24) is 10.2 Å². The lowest BCUT2D eigenvalue weighted by atomic mass is 10.00. The number of carbonyl (C=O) groups is 3. The molecule has 0 aromatic heterocycles. The summed E-state index contributed by atoms with van der Waals surface area (Å²) in [6, 6.07) is 9.97. The maximum absolute atomic E-state index is 14.9. The first-order chi connectivity index (χ1) is 21.0. The monoisotopic (exact) mass is 630 g/mol. The number of rotatable bonds is 13. The molecule has 2 atom stereocenters. The van der Waals surface area contributed by atoms with Crippen molar-refractivity contribution in [2.75, 3.05) is 18.8 Å². The van der Waals surface area contributed by atoms with Crippen molar-refractivity contribution in [3.05, 3.63) is 82.8 Å². The normalized spacial score (nSPS) is 13.8. The fourth-order valence-corrected chi connectivity index (χ4v) is 5.52. The predicted molar refractivity (Wildman–Crippen MR) is 175 cm³/mol. The average molecular weight is 631 g/mol. The quantitative estimate of drug-likeness (QED) is 0.0958. The van der Waals surface area contributed by atoms with Crippen LogP contribution in [-0.2, 0) is 26.7 Å². The SMILES string of the molecule is C=C/C(=C\SC[C@@H](C)NC(=O)C(CCN)N(CC)C(=O)Cc1ccc2c(c1)-c1ccccc1C2(F)F)C(=N)N.CC.NC=O. The van der Waals surface area contributed by atoms with Crippen molar-refractivity contribution < 1.29 is 23.2 Å². The highest BCUT2D eigenvalue weighted by molar-refractivity contribution is 8.02. The van der Waals surface area contributed by atoms with E-state index < -0.39 is 12.0 Å². The van der Waals surface area contributed by atoms with Crippen LogP contribution in [0.1, 0.15) is 50.8 Å². The van der Waals surface area contributed by atoms with Gasteiger partial charge in [0.25, 0.3) is 5.92 Å². The number of primary amides is 1. The van der Waals surface area contributed by atoms with Crippen LogP contribution < -0.4 is 22.5 Å². The van der Waals surface area contributed by atoms with Crippen molar-refractivity contribution >= 4 is 35.8 Å². The highest BCUT2D eigenvalue weighted by Crippen LogP contribution is 2.50. The molecule has 0 saturated heterocycles. The van der Waals surface area contributed by atoms with Crippen molar-refractivity contribution in [1.29, 1.82) is 5.41 Å². The Hall–Kier alpha value is -4.03. The van der Waals surface area contributed by atoms with Crippen molar-refractivity contribution in [3.63, 3.8) is 0 Å². The van der Waals surface area contributed by atoms with Crippen LogP contribution in [0, 0.1) is 5.41 Å². The first kappa shape index (κ1) is 38.0. The van der Waals surface area contributed by atoms with Gasteiger partial charge in [-0.15, -0.1) is 11.8 Å². The lowest BCUT2D eigenvalue weighted by Gasteiger charge is -2.31. The molecule has 0 bridgehead atoms. The van der Waals surface area contributed by atoms with E-state index in [4.69, 9.17) is 21.7 Å². The van der Waals surface area contributed by atoms with E-state index in [0.717, 1.165) is 0 Å². The second-order valence-corrected chi connectivity index (χ2v) is 10.4. The minimum Gasteiger partial charge on any atom is -0.384 e. The molecule has 1 aliphatic rings. The Balaban J connectivity index is 0.00000182. The van der Waals surface area contributed by atoms with E-state index in [9.17, 15) is 18.4 Å². The van der Waals surface area contributed by atoms with Gasteiger partial charge in [-0.25, -0.2) is 0 Å². The lowest BCUT2D eigenvalue weighted by Crippen LogP contribution is -2.52. The molecule has 0 fully saturated rings. The Morgan fingerprint density at radius 3 is 2.34 bits per heavy atom. The number of amides is 3. The summed E-state index contributed by atoms with van der Waals surface area (Å²) in [6.07, 6.45) is 1.99. The molecule has 2 aromatic carbocycles. The second-order valence-electron chi connectivity index (χ2n) is 9.52. The number of alkyl halides is 2. The van der Waals surface area contributed by atoms with Crippen molar-refractivity contribution in [2.45, 2.75) is 58.5 Å². The van der Waals surface area contributed by atoms with Crippen LogP contribution in [0.3, 0.4) is 0 Å². The smallest absolute Gasteiger partial charge is 0.299 e. The third kappa shape index (κ3) is 9.75. The van der Waals surface area contributed by atoms with Crippen LogP contribution in [0.5, 0.6) is 0 Å². The van der Waals surface area contributed by atoms with Gasteiger partial charge in [-0.05, 0) is 48.9 Å². The number of benzene rings is 2. The van der Waals surface area contributed by atoms with E-state index in [2.05, 4.69) is 17.6 Å². The van der Waals surface area contributed by atoms with Gasteiger partial charge in [0, 0.05) is 35.0 Å². The van der Waals surface area contributed by atoms with E-state index >= 15 is 0 Å². The summed E-state index contributed by atoms with van der Waals surface area (Å²) in [5.74, 6) is -3.25. The number of fused-ring (bicyclic) bond motifs is 3. The first-order valence-electron chi connectivity index (χ1n) is 14.3. The van der Waals surface area contributed by atoms with Gasteiger partial charge in [0.05, 0.1) is 6.42 Å². The molecule has 1 aliphatic carbocycles. The van der Waals surface area contributed by atoms with Gasteiger partial charge in [0.2, 0.25) is 18.2 Å². The molecule has 240 valence electrons. The van der Waals surface area contributed by atoms with Gasteiger partial charge in [0.15, 0.2) is 0 Å². The fraction of sp³-hybridized carbons (Fsp3) is 0.375. The molecule has 1 unspecified atom stereocenters. The predicted octanol–water partition coefficient (Wildman–Crippen LogP) is 4.29. The zero-order valence-corrected chi connectivity index (χ0v) is 26.6. The molecule has 2 aromatic rings.